The number of halogens is 1. The van der Waals surface area contributed by atoms with Crippen molar-refractivity contribution in [3.05, 3.63) is 100 Å². The molecule has 0 N–H and O–H groups in total. The Hall–Kier alpha value is -3.24. The summed E-state index contributed by atoms with van der Waals surface area (Å²) in [6.45, 7) is 11.4. The van der Waals surface area contributed by atoms with Crippen molar-refractivity contribution < 1.29 is 4.39 Å². The highest BCUT2D eigenvalue weighted by atomic mass is 19.1. The van der Waals surface area contributed by atoms with E-state index < -0.39 is 0 Å². The number of imidazole rings is 1. The molecule has 0 amide bonds. The molecule has 3 aromatic carbocycles. The Balaban J connectivity index is 1.71. The molecule has 4 heteroatoms. The lowest BCUT2D eigenvalue weighted by molar-refractivity contribution is 0.137. The summed E-state index contributed by atoms with van der Waals surface area (Å²) in [5.74, 6) is 0.802. The average molecular weight is 510 g/mol. The zero-order valence-corrected chi connectivity index (χ0v) is 23.3. The van der Waals surface area contributed by atoms with E-state index in [1.165, 1.54) is 40.8 Å². The molecule has 0 radical (unpaired) electrons. The van der Waals surface area contributed by atoms with Crippen molar-refractivity contribution in [3.63, 3.8) is 0 Å². The first kappa shape index (κ1) is 26.4. The van der Waals surface area contributed by atoms with E-state index in [1.807, 2.05) is 6.07 Å². The normalized spacial score (nSPS) is 16.2. The van der Waals surface area contributed by atoms with E-state index in [2.05, 4.69) is 85.7 Å². The number of rotatable bonds is 8. The van der Waals surface area contributed by atoms with Gasteiger partial charge in [-0.25, -0.2) is 9.37 Å². The second kappa shape index (κ2) is 11.7. The molecule has 0 spiro atoms. The molecule has 1 aromatic heterocycles. The van der Waals surface area contributed by atoms with Gasteiger partial charge in [-0.1, -0.05) is 74.9 Å². The first-order chi connectivity index (χ1) is 18.5. The minimum absolute atomic E-state index is 0.215. The predicted octanol–water partition coefficient (Wildman–Crippen LogP) is 8.54. The number of aromatic nitrogens is 2. The molecular weight excluding hydrogens is 469 g/mol. The molecule has 0 aliphatic carbocycles. The SMILES string of the molecule is CCc1cccc(CC)c1-c1nc(-c2cc(F)ccc2C)c(CN2CCCCC2c2ccccc2)n1CC. The molecule has 4 aromatic rings. The Labute approximate surface area is 227 Å². The number of hydrogen-bond donors (Lipinski definition) is 0. The van der Waals surface area contributed by atoms with Crippen LogP contribution >= 0.6 is 0 Å². The summed E-state index contributed by atoms with van der Waals surface area (Å²) in [6.07, 6.45) is 5.50. The van der Waals surface area contributed by atoms with E-state index in [0.717, 1.165) is 61.5 Å². The van der Waals surface area contributed by atoms with Gasteiger partial charge in [-0.15, -0.1) is 0 Å². The van der Waals surface area contributed by atoms with Gasteiger partial charge in [0.1, 0.15) is 11.6 Å². The van der Waals surface area contributed by atoms with Crippen molar-refractivity contribution in [1.82, 2.24) is 14.5 Å². The largest absolute Gasteiger partial charge is 0.327 e. The third-order valence-electron chi connectivity index (χ3n) is 8.22. The van der Waals surface area contributed by atoms with Crippen LogP contribution in [0.15, 0.2) is 66.7 Å². The smallest absolute Gasteiger partial charge is 0.141 e. The first-order valence-corrected chi connectivity index (χ1v) is 14.3. The molecule has 0 saturated carbocycles. The third-order valence-corrected chi connectivity index (χ3v) is 8.22. The molecule has 0 bridgehead atoms. The number of benzene rings is 3. The van der Waals surface area contributed by atoms with Gasteiger partial charge in [0, 0.05) is 30.3 Å². The molecule has 1 unspecified atom stereocenters. The van der Waals surface area contributed by atoms with Crippen LogP contribution in [0.4, 0.5) is 4.39 Å². The van der Waals surface area contributed by atoms with Crippen LogP contribution in [-0.4, -0.2) is 21.0 Å². The maximum atomic E-state index is 14.6. The highest BCUT2D eigenvalue weighted by molar-refractivity contribution is 5.73. The van der Waals surface area contributed by atoms with Gasteiger partial charge in [0.05, 0.1) is 11.4 Å². The van der Waals surface area contributed by atoms with Crippen molar-refractivity contribution in [2.24, 2.45) is 0 Å². The van der Waals surface area contributed by atoms with Gasteiger partial charge in [-0.05, 0) is 80.5 Å². The molecule has 1 atom stereocenters. The Kier molecular flexibility index (Phi) is 8.09. The number of nitrogens with zero attached hydrogens (tertiary/aromatic N) is 3. The lowest BCUT2D eigenvalue weighted by Gasteiger charge is -2.36. The zero-order valence-electron chi connectivity index (χ0n) is 23.3. The minimum atomic E-state index is -0.215. The van der Waals surface area contributed by atoms with Crippen LogP contribution in [0.2, 0.25) is 0 Å². The fourth-order valence-corrected chi connectivity index (χ4v) is 6.20. The first-order valence-electron chi connectivity index (χ1n) is 14.3. The Bertz CT molecular complexity index is 1370. The summed E-state index contributed by atoms with van der Waals surface area (Å²) in [5.41, 5.74) is 9.32. The monoisotopic (exact) mass is 509 g/mol. The van der Waals surface area contributed by atoms with Crippen molar-refractivity contribution >= 4 is 0 Å². The second-order valence-electron chi connectivity index (χ2n) is 10.5. The molecule has 5 rings (SSSR count). The van der Waals surface area contributed by atoms with Crippen LogP contribution in [0.5, 0.6) is 0 Å². The van der Waals surface area contributed by atoms with Crippen LogP contribution in [0.1, 0.15) is 74.0 Å². The fraction of sp³-hybridized carbons (Fsp3) is 0.382. The standard InChI is InChI=1S/C34H40FN3/c1-5-25-16-13-17-26(6-2)32(25)34-36-33(29-22-28(35)20-19-24(29)4)31(38(34)7-3)23-37-21-12-11-18-30(37)27-14-9-8-10-15-27/h8-10,13-17,19-20,22,30H,5-7,11-12,18,21,23H2,1-4H3. The molecule has 2 heterocycles. The highest BCUT2D eigenvalue weighted by Crippen LogP contribution is 2.38. The van der Waals surface area contributed by atoms with E-state index >= 15 is 0 Å². The predicted molar refractivity (Wildman–Crippen MR) is 156 cm³/mol. The van der Waals surface area contributed by atoms with Gasteiger partial charge in [0.25, 0.3) is 0 Å². The van der Waals surface area contributed by atoms with Gasteiger partial charge < -0.3 is 4.57 Å². The zero-order chi connectivity index (χ0) is 26.6. The summed E-state index contributed by atoms with van der Waals surface area (Å²) in [6, 6.07) is 23.0. The van der Waals surface area contributed by atoms with Crippen LogP contribution in [0.25, 0.3) is 22.6 Å². The molecule has 1 aliphatic rings. The summed E-state index contributed by atoms with van der Waals surface area (Å²) < 4.78 is 17.0. The third kappa shape index (κ3) is 5.07. The number of aryl methyl sites for hydroxylation is 3. The van der Waals surface area contributed by atoms with Gasteiger partial charge in [0.2, 0.25) is 0 Å². The summed E-state index contributed by atoms with van der Waals surface area (Å²) in [5, 5.41) is 0. The highest BCUT2D eigenvalue weighted by Gasteiger charge is 2.29. The Morgan fingerprint density at radius 3 is 2.32 bits per heavy atom. The van der Waals surface area contributed by atoms with Gasteiger partial charge >= 0.3 is 0 Å². The van der Waals surface area contributed by atoms with Gasteiger partial charge in [-0.2, -0.15) is 0 Å². The molecule has 1 saturated heterocycles. The van der Waals surface area contributed by atoms with E-state index in [9.17, 15) is 4.39 Å². The van der Waals surface area contributed by atoms with Crippen LogP contribution < -0.4 is 0 Å². The average Bonchev–Trinajstić information content (AvgIpc) is 3.31. The molecular formula is C34H40FN3. The van der Waals surface area contributed by atoms with Crippen LogP contribution in [0.3, 0.4) is 0 Å². The quantitative estimate of drug-likeness (QED) is 0.237. The molecule has 38 heavy (non-hydrogen) atoms. The lowest BCUT2D eigenvalue weighted by Crippen LogP contribution is -2.33. The van der Waals surface area contributed by atoms with Gasteiger partial charge in [-0.3, -0.25) is 4.90 Å². The van der Waals surface area contributed by atoms with Crippen molar-refractivity contribution in [2.45, 2.75) is 78.9 Å². The number of piperidine rings is 1. The molecule has 3 nitrogen and oxygen atoms in total. The van der Waals surface area contributed by atoms with Crippen molar-refractivity contribution in [2.75, 3.05) is 6.54 Å². The fourth-order valence-electron chi connectivity index (χ4n) is 6.20. The van der Waals surface area contributed by atoms with E-state index in [0.29, 0.717) is 6.04 Å². The molecule has 198 valence electrons. The van der Waals surface area contributed by atoms with Gasteiger partial charge in [0.15, 0.2) is 0 Å². The summed E-state index contributed by atoms with van der Waals surface area (Å²) in [4.78, 5) is 7.99. The molecule has 1 aliphatic heterocycles. The second-order valence-corrected chi connectivity index (χ2v) is 10.5. The number of likely N-dealkylation sites (tertiary alicyclic amines) is 1. The number of hydrogen-bond acceptors (Lipinski definition) is 2. The summed E-state index contributed by atoms with van der Waals surface area (Å²) >= 11 is 0. The van der Waals surface area contributed by atoms with Crippen molar-refractivity contribution in [1.29, 1.82) is 0 Å². The topological polar surface area (TPSA) is 21.1 Å². The van der Waals surface area contributed by atoms with Crippen LogP contribution in [0, 0.1) is 12.7 Å². The van der Waals surface area contributed by atoms with Crippen LogP contribution in [-0.2, 0) is 25.9 Å². The van der Waals surface area contributed by atoms with E-state index in [1.54, 1.807) is 12.1 Å². The van der Waals surface area contributed by atoms with E-state index in [-0.39, 0.29) is 5.82 Å². The molecule has 1 fully saturated rings. The maximum absolute atomic E-state index is 14.6. The van der Waals surface area contributed by atoms with E-state index in [4.69, 9.17) is 4.98 Å². The Morgan fingerprint density at radius 1 is 0.895 bits per heavy atom. The Morgan fingerprint density at radius 2 is 1.63 bits per heavy atom. The lowest BCUT2D eigenvalue weighted by atomic mass is 9.94. The van der Waals surface area contributed by atoms with Crippen molar-refractivity contribution in [3.8, 4) is 22.6 Å². The maximum Gasteiger partial charge on any atom is 0.141 e. The summed E-state index contributed by atoms with van der Waals surface area (Å²) in [7, 11) is 0. The minimum Gasteiger partial charge on any atom is -0.327 e.